The number of aromatic nitrogens is 2. The highest BCUT2D eigenvalue weighted by Crippen LogP contribution is 2.15. The van der Waals surface area contributed by atoms with E-state index >= 15 is 0 Å². The van der Waals surface area contributed by atoms with Gasteiger partial charge in [-0.05, 0) is 18.6 Å². The van der Waals surface area contributed by atoms with Gasteiger partial charge in [0, 0.05) is 0 Å². The van der Waals surface area contributed by atoms with Crippen molar-refractivity contribution < 1.29 is 8.42 Å². The van der Waals surface area contributed by atoms with E-state index in [0.717, 1.165) is 5.56 Å². The minimum atomic E-state index is -2.77. The predicted octanol–water partition coefficient (Wildman–Crippen LogP) is -0.00608. The van der Waals surface area contributed by atoms with Crippen LogP contribution in [0.3, 0.4) is 0 Å². The van der Waals surface area contributed by atoms with Crippen molar-refractivity contribution in [3.05, 3.63) is 17.8 Å². The lowest BCUT2D eigenvalue weighted by molar-refractivity contribution is 0.570. The van der Waals surface area contributed by atoms with E-state index in [-0.39, 0.29) is 17.5 Å². The second kappa shape index (κ2) is 3.20. The van der Waals surface area contributed by atoms with Gasteiger partial charge in [0.25, 0.3) is 0 Å². The molecule has 2 rings (SSSR count). The number of nitrogens with zero attached hydrogens (tertiary/aromatic N) is 2. The summed E-state index contributed by atoms with van der Waals surface area (Å²) in [5.74, 6) is 1.04. The number of aryl methyl sites for hydroxylation is 1. The Labute approximate surface area is 82.5 Å². The Bertz CT molecular complexity index is 432. The first kappa shape index (κ1) is 9.39. The van der Waals surface area contributed by atoms with E-state index in [9.17, 15) is 8.42 Å². The maximum Gasteiger partial charge on any atom is 0.154 e. The van der Waals surface area contributed by atoms with Crippen molar-refractivity contribution >= 4 is 15.7 Å². The largest absolute Gasteiger partial charge is 0.364 e. The van der Waals surface area contributed by atoms with Gasteiger partial charge in [-0.15, -0.1) is 5.10 Å². The fourth-order valence-corrected chi connectivity index (χ4v) is 2.69. The van der Waals surface area contributed by atoms with Gasteiger partial charge < -0.3 is 5.32 Å². The number of nitrogens with one attached hydrogen (secondary N) is 1. The summed E-state index contributed by atoms with van der Waals surface area (Å²) in [5, 5.41) is 10.6. The zero-order chi connectivity index (χ0) is 10.2. The predicted molar refractivity (Wildman–Crippen MR) is 52.8 cm³/mol. The monoisotopic (exact) mass is 213 g/mol. The maximum absolute atomic E-state index is 10.9. The van der Waals surface area contributed by atoms with Crippen LogP contribution in [-0.4, -0.2) is 36.2 Å². The van der Waals surface area contributed by atoms with Crippen LogP contribution in [0.1, 0.15) is 5.56 Å². The molecule has 0 amide bonds. The summed E-state index contributed by atoms with van der Waals surface area (Å²) >= 11 is 0. The Morgan fingerprint density at radius 1 is 1.50 bits per heavy atom. The Kier molecular flexibility index (Phi) is 2.14. The standard InChI is InChI=1S/C8H11N3O2S/c1-6-2-8(11-9-3-6)10-7-4-14(12,13)5-7/h2-3,7H,4-5H2,1H3,(H,10,11). The van der Waals surface area contributed by atoms with Gasteiger partial charge in [-0.3, -0.25) is 0 Å². The lowest BCUT2D eigenvalue weighted by Crippen LogP contribution is -2.46. The van der Waals surface area contributed by atoms with Crippen LogP contribution >= 0.6 is 0 Å². The average Bonchev–Trinajstić information content (AvgIpc) is 2.00. The molecule has 0 radical (unpaired) electrons. The lowest BCUT2D eigenvalue weighted by Gasteiger charge is -2.26. The third kappa shape index (κ3) is 2.01. The van der Waals surface area contributed by atoms with Crippen LogP contribution in [0.4, 0.5) is 5.82 Å². The fraction of sp³-hybridized carbons (Fsp3) is 0.500. The van der Waals surface area contributed by atoms with E-state index in [1.54, 1.807) is 6.20 Å². The molecule has 0 aliphatic carbocycles. The fourth-order valence-electron chi connectivity index (χ4n) is 1.39. The van der Waals surface area contributed by atoms with Crippen molar-refractivity contribution in [1.82, 2.24) is 10.2 Å². The lowest BCUT2D eigenvalue weighted by atomic mass is 10.3. The Morgan fingerprint density at radius 3 is 2.79 bits per heavy atom. The van der Waals surface area contributed by atoms with Crippen LogP contribution in [0.15, 0.2) is 12.3 Å². The van der Waals surface area contributed by atoms with E-state index in [4.69, 9.17) is 0 Å². The first-order valence-electron chi connectivity index (χ1n) is 4.31. The second-order valence-electron chi connectivity index (χ2n) is 3.54. The molecule has 0 saturated carbocycles. The minimum Gasteiger partial charge on any atom is -0.364 e. The topological polar surface area (TPSA) is 72.0 Å². The molecule has 1 aromatic rings. The smallest absolute Gasteiger partial charge is 0.154 e. The molecule has 2 heterocycles. The quantitative estimate of drug-likeness (QED) is 0.748. The summed E-state index contributed by atoms with van der Waals surface area (Å²) < 4.78 is 21.8. The highest BCUT2D eigenvalue weighted by atomic mass is 32.2. The van der Waals surface area contributed by atoms with E-state index in [0.29, 0.717) is 5.82 Å². The molecular weight excluding hydrogens is 202 g/mol. The number of hydrogen-bond acceptors (Lipinski definition) is 5. The van der Waals surface area contributed by atoms with Crippen molar-refractivity contribution in [3.63, 3.8) is 0 Å². The Balaban J connectivity index is 2.00. The second-order valence-corrected chi connectivity index (χ2v) is 5.69. The SMILES string of the molecule is Cc1cnnc(NC2CS(=O)(=O)C2)c1. The van der Waals surface area contributed by atoms with Gasteiger partial charge in [0.2, 0.25) is 0 Å². The zero-order valence-electron chi connectivity index (χ0n) is 7.77. The normalized spacial score (nSPS) is 20.1. The van der Waals surface area contributed by atoms with Crippen LogP contribution in [0.2, 0.25) is 0 Å². The third-order valence-corrected chi connectivity index (χ3v) is 3.87. The first-order valence-corrected chi connectivity index (χ1v) is 6.14. The van der Waals surface area contributed by atoms with Gasteiger partial charge in [0.15, 0.2) is 9.84 Å². The molecule has 76 valence electrons. The van der Waals surface area contributed by atoms with Gasteiger partial charge in [-0.2, -0.15) is 5.10 Å². The number of sulfone groups is 1. The van der Waals surface area contributed by atoms with Gasteiger partial charge in [0.1, 0.15) is 5.82 Å². The van der Waals surface area contributed by atoms with Crippen molar-refractivity contribution in [2.24, 2.45) is 0 Å². The minimum absolute atomic E-state index is 0.00361. The molecule has 1 aliphatic heterocycles. The molecule has 0 bridgehead atoms. The molecule has 1 aromatic heterocycles. The van der Waals surface area contributed by atoms with E-state index in [1.807, 2.05) is 13.0 Å². The molecule has 6 heteroatoms. The molecular formula is C8H11N3O2S. The van der Waals surface area contributed by atoms with E-state index in [2.05, 4.69) is 15.5 Å². The molecule has 1 saturated heterocycles. The molecule has 0 spiro atoms. The molecule has 5 nitrogen and oxygen atoms in total. The number of rotatable bonds is 2. The van der Waals surface area contributed by atoms with Crippen molar-refractivity contribution in [2.75, 3.05) is 16.8 Å². The maximum atomic E-state index is 10.9. The molecule has 0 aromatic carbocycles. The molecule has 14 heavy (non-hydrogen) atoms. The number of anilines is 1. The van der Waals surface area contributed by atoms with Crippen LogP contribution in [0.25, 0.3) is 0 Å². The van der Waals surface area contributed by atoms with Gasteiger partial charge in [-0.1, -0.05) is 0 Å². The van der Waals surface area contributed by atoms with Crippen molar-refractivity contribution in [1.29, 1.82) is 0 Å². The molecule has 1 fully saturated rings. The van der Waals surface area contributed by atoms with E-state index < -0.39 is 9.84 Å². The van der Waals surface area contributed by atoms with Crippen LogP contribution in [0, 0.1) is 6.92 Å². The summed E-state index contributed by atoms with van der Waals surface area (Å²) in [6.07, 6.45) is 1.66. The Morgan fingerprint density at radius 2 is 2.21 bits per heavy atom. The van der Waals surface area contributed by atoms with Gasteiger partial charge in [0.05, 0.1) is 23.7 Å². The summed E-state index contributed by atoms with van der Waals surface area (Å²) in [5.41, 5.74) is 1.00. The van der Waals surface area contributed by atoms with Crippen molar-refractivity contribution in [3.8, 4) is 0 Å². The highest BCUT2D eigenvalue weighted by Gasteiger charge is 2.33. The average molecular weight is 213 g/mol. The molecule has 1 N–H and O–H groups in total. The van der Waals surface area contributed by atoms with Gasteiger partial charge >= 0.3 is 0 Å². The zero-order valence-corrected chi connectivity index (χ0v) is 8.58. The van der Waals surface area contributed by atoms with Crippen LogP contribution in [-0.2, 0) is 9.84 Å². The van der Waals surface area contributed by atoms with Crippen LogP contribution < -0.4 is 5.32 Å². The Hall–Kier alpha value is -1.17. The molecule has 1 aliphatic rings. The summed E-state index contributed by atoms with van der Waals surface area (Å²) in [6.45, 7) is 1.91. The van der Waals surface area contributed by atoms with Crippen molar-refractivity contribution in [2.45, 2.75) is 13.0 Å². The van der Waals surface area contributed by atoms with E-state index in [1.165, 1.54) is 0 Å². The molecule has 0 unspecified atom stereocenters. The highest BCUT2D eigenvalue weighted by molar-refractivity contribution is 7.92. The third-order valence-electron chi connectivity index (χ3n) is 2.05. The summed E-state index contributed by atoms with van der Waals surface area (Å²) in [7, 11) is -2.77. The van der Waals surface area contributed by atoms with Gasteiger partial charge in [-0.25, -0.2) is 8.42 Å². The van der Waals surface area contributed by atoms with Crippen LogP contribution in [0.5, 0.6) is 0 Å². The molecule has 0 atom stereocenters. The summed E-state index contributed by atoms with van der Waals surface area (Å²) in [6, 6.07) is 1.84. The number of hydrogen-bond donors (Lipinski definition) is 1. The summed E-state index contributed by atoms with van der Waals surface area (Å²) in [4.78, 5) is 0. The first-order chi connectivity index (χ1) is 6.55.